The number of nitrogens with one attached hydrogen (secondary N) is 2. The highest BCUT2D eigenvalue weighted by atomic mass is 79.9. The van der Waals surface area contributed by atoms with Crippen LogP contribution < -0.4 is 5.32 Å². The third kappa shape index (κ3) is 3.42. The molecule has 0 bridgehead atoms. The van der Waals surface area contributed by atoms with E-state index < -0.39 is 16.8 Å². The molecule has 0 aliphatic heterocycles. The van der Waals surface area contributed by atoms with Gasteiger partial charge in [0, 0.05) is 28.2 Å². The SMILES string of the molecule is O=C(Nc1cc(C(=O)O)[nH]n1)c1cc(Br)cc([N+](=O)[O-])c1. The van der Waals surface area contributed by atoms with E-state index in [4.69, 9.17) is 5.11 Å². The fraction of sp³-hybridized carbons (Fsp3) is 0. The average Bonchev–Trinajstić information content (AvgIpc) is 2.86. The van der Waals surface area contributed by atoms with Crippen molar-refractivity contribution in [1.82, 2.24) is 10.2 Å². The van der Waals surface area contributed by atoms with Gasteiger partial charge in [0.15, 0.2) is 5.82 Å². The third-order valence-electron chi connectivity index (χ3n) is 2.41. The van der Waals surface area contributed by atoms with Crippen LogP contribution in [0.25, 0.3) is 0 Å². The number of carbonyl (C=O) groups excluding carboxylic acids is 1. The maximum absolute atomic E-state index is 12.0. The second-order valence-electron chi connectivity index (χ2n) is 3.88. The van der Waals surface area contributed by atoms with Crippen LogP contribution >= 0.6 is 15.9 Å². The number of rotatable bonds is 4. The van der Waals surface area contributed by atoms with E-state index in [0.717, 1.165) is 12.1 Å². The summed E-state index contributed by atoms with van der Waals surface area (Å²) in [5, 5.41) is 27.6. The molecule has 2 aromatic rings. The van der Waals surface area contributed by atoms with Gasteiger partial charge in [-0.25, -0.2) is 4.79 Å². The number of aromatic nitrogens is 2. The Morgan fingerprint density at radius 1 is 1.33 bits per heavy atom. The minimum absolute atomic E-state index is 0.0000265. The van der Waals surface area contributed by atoms with Crippen molar-refractivity contribution in [2.75, 3.05) is 5.32 Å². The summed E-state index contributed by atoms with van der Waals surface area (Å²) in [5.74, 6) is -1.87. The zero-order valence-corrected chi connectivity index (χ0v) is 11.7. The van der Waals surface area contributed by atoms with Gasteiger partial charge in [0.2, 0.25) is 0 Å². The number of nitrogens with zero attached hydrogens (tertiary/aromatic N) is 2. The van der Waals surface area contributed by atoms with Crippen molar-refractivity contribution in [3.05, 3.63) is 50.1 Å². The van der Waals surface area contributed by atoms with Crippen molar-refractivity contribution in [3.63, 3.8) is 0 Å². The molecule has 1 aromatic carbocycles. The number of aromatic amines is 1. The van der Waals surface area contributed by atoms with Crippen LogP contribution in [0, 0.1) is 10.1 Å². The number of aromatic carboxylic acids is 1. The molecule has 0 aliphatic rings. The summed E-state index contributed by atoms with van der Waals surface area (Å²) in [7, 11) is 0. The average molecular weight is 355 g/mol. The number of hydrogen-bond donors (Lipinski definition) is 3. The summed E-state index contributed by atoms with van der Waals surface area (Å²) in [6, 6.07) is 4.89. The Hall–Kier alpha value is -2.75. The molecule has 0 saturated heterocycles. The summed E-state index contributed by atoms with van der Waals surface area (Å²) in [4.78, 5) is 32.7. The predicted octanol–water partition coefficient (Wildman–Crippen LogP) is 2.03. The second kappa shape index (κ2) is 5.71. The first-order valence-electron chi connectivity index (χ1n) is 5.42. The summed E-state index contributed by atoms with van der Waals surface area (Å²) >= 11 is 3.07. The van der Waals surface area contributed by atoms with E-state index in [1.165, 1.54) is 12.1 Å². The second-order valence-corrected chi connectivity index (χ2v) is 4.80. The van der Waals surface area contributed by atoms with Gasteiger partial charge in [0.25, 0.3) is 11.6 Å². The molecule has 0 radical (unpaired) electrons. The molecule has 10 heteroatoms. The molecule has 2 rings (SSSR count). The van der Waals surface area contributed by atoms with E-state index in [2.05, 4.69) is 31.4 Å². The van der Waals surface area contributed by atoms with Crippen molar-refractivity contribution < 1.29 is 19.6 Å². The molecule has 0 unspecified atom stereocenters. The van der Waals surface area contributed by atoms with Gasteiger partial charge in [-0.15, -0.1) is 0 Å². The van der Waals surface area contributed by atoms with Crippen molar-refractivity contribution in [2.45, 2.75) is 0 Å². The van der Waals surface area contributed by atoms with E-state index in [1.807, 2.05) is 0 Å². The number of carboxylic acid groups (broad SMARTS) is 1. The Morgan fingerprint density at radius 3 is 2.62 bits per heavy atom. The number of nitro groups is 1. The lowest BCUT2D eigenvalue weighted by molar-refractivity contribution is -0.384. The van der Waals surface area contributed by atoms with Crippen molar-refractivity contribution in [2.24, 2.45) is 0 Å². The number of carboxylic acids is 1. The van der Waals surface area contributed by atoms with Crippen LogP contribution in [-0.4, -0.2) is 32.1 Å². The molecule has 1 amide bonds. The fourth-order valence-electron chi connectivity index (χ4n) is 1.49. The molecular weight excluding hydrogens is 348 g/mol. The van der Waals surface area contributed by atoms with Crippen LogP contribution in [-0.2, 0) is 0 Å². The van der Waals surface area contributed by atoms with Crippen LogP contribution in [0.4, 0.5) is 11.5 Å². The van der Waals surface area contributed by atoms with Gasteiger partial charge < -0.3 is 10.4 Å². The molecule has 9 nitrogen and oxygen atoms in total. The van der Waals surface area contributed by atoms with Gasteiger partial charge in [0.05, 0.1) is 4.92 Å². The lowest BCUT2D eigenvalue weighted by atomic mass is 10.2. The lowest BCUT2D eigenvalue weighted by Crippen LogP contribution is -2.12. The van der Waals surface area contributed by atoms with Gasteiger partial charge in [-0.05, 0) is 6.07 Å². The highest BCUT2D eigenvalue weighted by Crippen LogP contribution is 2.22. The normalized spacial score (nSPS) is 10.1. The fourth-order valence-corrected chi connectivity index (χ4v) is 1.98. The molecular formula is C11H7BrN4O5. The molecule has 3 N–H and O–H groups in total. The van der Waals surface area contributed by atoms with Crippen LogP contribution in [0.5, 0.6) is 0 Å². The Balaban J connectivity index is 2.23. The predicted molar refractivity (Wildman–Crippen MR) is 74.3 cm³/mol. The molecule has 1 heterocycles. The van der Waals surface area contributed by atoms with Gasteiger partial charge in [-0.1, -0.05) is 15.9 Å². The van der Waals surface area contributed by atoms with Crippen LogP contribution in [0.15, 0.2) is 28.7 Å². The number of carbonyl (C=O) groups is 2. The van der Waals surface area contributed by atoms with Gasteiger partial charge in [0.1, 0.15) is 5.69 Å². The number of nitro benzene ring substituents is 1. The van der Waals surface area contributed by atoms with Gasteiger partial charge >= 0.3 is 5.97 Å². The number of non-ortho nitro benzene ring substituents is 1. The molecule has 21 heavy (non-hydrogen) atoms. The van der Waals surface area contributed by atoms with E-state index in [9.17, 15) is 19.7 Å². The maximum atomic E-state index is 12.0. The summed E-state index contributed by atoms with van der Waals surface area (Å²) in [5.41, 5.74) is -0.399. The Bertz CT molecular complexity index is 742. The summed E-state index contributed by atoms with van der Waals surface area (Å²) in [6.07, 6.45) is 0. The third-order valence-corrected chi connectivity index (χ3v) is 2.86. The first-order chi connectivity index (χ1) is 9.86. The van der Waals surface area contributed by atoms with Gasteiger partial charge in [-0.3, -0.25) is 20.0 Å². The Morgan fingerprint density at radius 2 is 2.05 bits per heavy atom. The summed E-state index contributed by atoms with van der Waals surface area (Å²) in [6.45, 7) is 0. The highest BCUT2D eigenvalue weighted by molar-refractivity contribution is 9.10. The molecule has 0 atom stereocenters. The molecule has 0 spiro atoms. The smallest absolute Gasteiger partial charge is 0.353 e. The van der Waals surface area contributed by atoms with E-state index in [0.29, 0.717) is 4.47 Å². The van der Waals surface area contributed by atoms with E-state index >= 15 is 0 Å². The molecule has 0 saturated carbocycles. The topological polar surface area (TPSA) is 138 Å². The highest BCUT2D eigenvalue weighted by Gasteiger charge is 2.15. The molecule has 0 aliphatic carbocycles. The van der Waals surface area contributed by atoms with Crippen molar-refractivity contribution >= 4 is 39.3 Å². The number of anilines is 1. The van der Waals surface area contributed by atoms with Crippen molar-refractivity contribution in [3.8, 4) is 0 Å². The zero-order chi connectivity index (χ0) is 15.6. The maximum Gasteiger partial charge on any atom is 0.353 e. The quantitative estimate of drug-likeness (QED) is 0.567. The number of benzene rings is 1. The number of H-pyrrole nitrogens is 1. The van der Waals surface area contributed by atoms with Crippen molar-refractivity contribution in [1.29, 1.82) is 0 Å². The Labute approximate surface area is 125 Å². The monoisotopic (exact) mass is 354 g/mol. The van der Waals surface area contributed by atoms with Gasteiger partial charge in [-0.2, -0.15) is 5.10 Å². The number of amides is 1. The largest absolute Gasteiger partial charge is 0.477 e. The summed E-state index contributed by atoms with van der Waals surface area (Å²) < 4.78 is 0.370. The lowest BCUT2D eigenvalue weighted by Gasteiger charge is -2.02. The van der Waals surface area contributed by atoms with E-state index in [1.54, 1.807) is 0 Å². The molecule has 1 aromatic heterocycles. The van der Waals surface area contributed by atoms with Crippen LogP contribution in [0.1, 0.15) is 20.8 Å². The van der Waals surface area contributed by atoms with E-state index in [-0.39, 0.29) is 22.8 Å². The number of hydrogen-bond acceptors (Lipinski definition) is 5. The van der Waals surface area contributed by atoms with Crippen LogP contribution in [0.2, 0.25) is 0 Å². The minimum Gasteiger partial charge on any atom is -0.477 e. The first-order valence-corrected chi connectivity index (χ1v) is 6.21. The first kappa shape index (κ1) is 14.7. The molecule has 108 valence electrons. The standard InChI is InChI=1S/C11H7BrN4O5/c12-6-1-5(2-7(3-6)16(20)21)10(17)13-9-4-8(11(18)19)14-15-9/h1-4H,(H,18,19)(H2,13,14,15,17). The minimum atomic E-state index is -1.22. The molecule has 0 fully saturated rings. The number of halogens is 1. The zero-order valence-electron chi connectivity index (χ0n) is 10.2. The van der Waals surface area contributed by atoms with Crippen LogP contribution in [0.3, 0.4) is 0 Å². The Kier molecular flexibility index (Phi) is 3.98.